The van der Waals surface area contributed by atoms with Gasteiger partial charge >= 0.3 is 0 Å². The molecule has 0 spiro atoms. The van der Waals surface area contributed by atoms with Crippen LogP contribution in [0.3, 0.4) is 0 Å². The zero-order valence-electron chi connectivity index (χ0n) is 14.7. The number of hydrogen-bond donors (Lipinski definition) is 2. The predicted octanol–water partition coefficient (Wildman–Crippen LogP) is 3.67. The third kappa shape index (κ3) is 4.25. The van der Waals surface area contributed by atoms with Crippen LogP contribution in [0.15, 0.2) is 36.5 Å². The molecule has 0 unspecified atom stereocenters. The summed E-state index contributed by atoms with van der Waals surface area (Å²) >= 11 is 1.97. The number of aromatic nitrogens is 1. The van der Waals surface area contributed by atoms with E-state index in [1.807, 2.05) is 49.9 Å². The van der Waals surface area contributed by atoms with Crippen molar-refractivity contribution in [2.45, 2.75) is 20.0 Å². The van der Waals surface area contributed by atoms with E-state index in [0.29, 0.717) is 17.0 Å². The highest BCUT2D eigenvalue weighted by Gasteiger charge is 2.15. The number of pyridine rings is 1. The van der Waals surface area contributed by atoms with Gasteiger partial charge in [-0.1, -0.05) is 0 Å². The molecular formula is C19H26N4OS. The first kappa shape index (κ1) is 17.6. The molecule has 1 saturated heterocycles. The third-order valence-electron chi connectivity index (χ3n) is 4.04. The summed E-state index contributed by atoms with van der Waals surface area (Å²) in [5, 5.41) is 8.62. The molecule has 1 aliphatic rings. The van der Waals surface area contributed by atoms with Crippen LogP contribution in [0.25, 0.3) is 0 Å². The number of ether oxygens (including phenoxy) is 1. The van der Waals surface area contributed by atoms with Crippen molar-refractivity contribution < 1.29 is 6.16 Å². The van der Waals surface area contributed by atoms with Crippen molar-refractivity contribution in [2.24, 2.45) is 0 Å². The number of anilines is 2. The summed E-state index contributed by atoms with van der Waals surface area (Å²) in [7, 11) is 0. The predicted molar refractivity (Wildman–Crippen MR) is 108 cm³/mol. The molecular weight excluding hydrogens is 332 g/mol. The number of nitrogens with one attached hydrogen (secondary N) is 1. The summed E-state index contributed by atoms with van der Waals surface area (Å²) < 4.78 is 5.74. The SMILES string of the molecule is CC(C)Oc1ccc(N)c(C(=N)c2ccnc(N3CCSCC3)c2)c1.[HH]. The molecule has 0 aliphatic carbocycles. The standard InChI is InChI=1S/C19H24N4OS.H2/c1-13(2)24-15-3-4-17(20)16(12-15)19(21)14-5-6-22-18(11-14)23-7-9-25-10-8-23;/h3-6,11-13,21H,7-10,20H2,1-2H3;1H. The van der Waals surface area contributed by atoms with Gasteiger partial charge in [-0.15, -0.1) is 0 Å². The fourth-order valence-corrected chi connectivity index (χ4v) is 3.70. The Bertz CT molecular complexity index is 763. The van der Waals surface area contributed by atoms with Gasteiger partial charge in [-0.2, -0.15) is 11.8 Å². The Hall–Kier alpha value is -2.21. The van der Waals surface area contributed by atoms with Crippen molar-refractivity contribution in [3.8, 4) is 5.75 Å². The summed E-state index contributed by atoms with van der Waals surface area (Å²) in [6.07, 6.45) is 1.85. The molecule has 0 amide bonds. The highest BCUT2D eigenvalue weighted by molar-refractivity contribution is 7.99. The Morgan fingerprint density at radius 3 is 2.76 bits per heavy atom. The molecule has 2 aromatic rings. The molecule has 1 aromatic carbocycles. The molecule has 0 radical (unpaired) electrons. The van der Waals surface area contributed by atoms with Gasteiger partial charge in [0.25, 0.3) is 0 Å². The number of nitrogens with two attached hydrogens (primary N) is 1. The molecule has 25 heavy (non-hydrogen) atoms. The number of nitrogens with zero attached hydrogens (tertiary/aromatic N) is 2. The zero-order valence-corrected chi connectivity index (χ0v) is 15.5. The first-order chi connectivity index (χ1) is 12.0. The zero-order chi connectivity index (χ0) is 17.8. The van der Waals surface area contributed by atoms with Gasteiger partial charge in [0.1, 0.15) is 11.6 Å². The molecule has 0 atom stereocenters. The molecule has 0 saturated carbocycles. The van der Waals surface area contributed by atoms with E-state index in [0.717, 1.165) is 41.7 Å². The summed E-state index contributed by atoms with van der Waals surface area (Å²) in [6, 6.07) is 9.32. The van der Waals surface area contributed by atoms with Gasteiger partial charge in [-0.25, -0.2) is 4.98 Å². The van der Waals surface area contributed by atoms with Crippen LogP contribution >= 0.6 is 11.8 Å². The Balaban J connectivity index is 0.00000243. The van der Waals surface area contributed by atoms with E-state index in [9.17, 15) is 0 Å². The van der Waals surface area contributed by atoms with E-state index < -0.39 is 0 Å². The summed E-state index contributed by atoms with van der Waals surface area (Å²) in [6.45, 7) is 5.95. The van der Waals surface area contributed by atoms with E-state index in [1.165, 1.54) is 0 Å². The smallest absolute Gasteiger partial charge is 0.129 e. The maximum absolute atomic E-state index is 8.62. The van der Waals surface area contributed by atoms with Gasteiger partial charge in [0, 0.05) is 49.0 Å². The van der Waals surface area contributed by atoms with Crippen molar-refractivity contribution >= 4 is 29.0 Å². The number of thioether (sulfide) groups is 1. The van der Waals surface area contributed by atoms with Gasteiger partial charge in [0.15, 0.2) is 0 Å². The van der Waals surface area contributed by atoms with Crippen LogP contribution in [0, 0.1) is 5.41 Å². The number of hydrogen-bond acceptors (Lipinski definition) is 6. The largest absolute Gasteiger partial charge is 0.491 e. The minimum absolute atomic E-state index is 0. The lowest BCUT2D eigenvalue weighted by Crippen LogP contribution is -2.33. The Morgan fingerprint density at radius 1 is 1.28 bits per heavy atom. The molecule has 6 heteroatoms. The van der Waals surface area contributed by atoms with E-state index in [4.69, 9.17) is 15.9 Å². The lowest BCUT2D eigenvalue weighted by atomic mass is 10.0. The second-order valence-corrected chi connectivity index (χ2v) is 7.52. The fraction of sp³-hybridized carbons (Fsp3) is 0.368. The topological polar surface area (TPSA) is 75.2 Å². The van der Waals surface area contributed by atoms with Gasteiger partial charge in [-0.3, -0.25) is 5.41 Å². The Labute approximate surface area is 154 Å². The van der Waals surface area contributed by atoms with Crippen LogP contribution in [-0.2, 0) is 0 Å². The average molecular weight is 359 g/mol. The van der Waals surface area contributed by atoms with Gasteiger partial charge < -0.3 is 15.4 Å². The highest BCUT2D eigenvalue weighted by atomic mass is 32.2. The maximum atomic E-state index is 8.62. The normalized spacial score (nSPS) is 14.6. The van der Waals surface area contributed by atoms with Crippen molar-refractivity contribution in [3.63, 3.8) is 0 Å². The average Bonchev–Trinajstić information content (AvgIpc) is 2.63. The quantitative estimate of drug-likeness (QED) is 0.630. The lowest BCUT2D eigenvalue weighted by Gasteiger charge is -2.27. The Kier molecular flexibility index (Phi) is 5.48. The van der Waals surface area contributed by atoms with Crippen LogP contribution in [-0.4, -0.2) is 41.4 Å². The molecule has 134 valence electrons. The van der Waals surface area contributed by atoms with Gasteiger partial charge in [0.2, 0.25) is 0 Å². The van der Waals surface area contributed by atoms with E-state index in [-0.39, 0.29) is 7.53 Å². The van der Waals surface area contributed by atoms with Crippen LogP contribution < -0.4 is 15.4 Å². The van der Waals surface area contributed by atoms with Crippen molar-refractivity contribution in [2.75, 3.05) is 35.2 Å². The molecule has 3 N–H and O–H groups in total. The van der Waals surface area contributed by atoms with Gasteiger partial charge in [-0.05, 0) is 44.2 Å². The highest BCUT2D eigenvalue weighted by Crippen LogP contribution is 2.25. The fourth-order valence-electron chi connectivity index (χ4n) is 2.79. The molecule has 1 fully saturated rings. The van der Waals surface area contributed by atoms with Crippen molar-refractivity contribution in [3.05, 3.63) is 47.7 Å². The van der Waals surface area contributed by atoms with Crippen LogP contribution in [0.5, 0.6) is 5.75 Å². The number of nitrogen functional groups attached to an aromatic ring is 1. The summed E-state index contributed by atoms with van der Waals surface area (Å²) in [5.74, 6) is 3.89. The first-order valence-corrected chi connectivity index (χ1v) is 9.64. The minimum atomic E-state index is 0. The summed E-state index contributed by atoms with van der Waals surface area (Å²) in [5.41, 5.74) is 8.58. The van der Waals surface area contributed by atoms with E-state index >= 15 is 0 Å². The van der Waals surface area contributed by atoms with Crippen LogP contribution in [0.2, 0.25) is 0 Å². The molecule has 3 rings (SSSR count). The van der Waals surface area contributed by atoms with E-state index in [1.54, 1.807) is 12.3 Å². The molecule has 5 nitrogen and oxygen atoms in total. The number of rotatable bonds is 5. The Morgan fingerprint density at radius 2 is 2.04 bits per heavy atom. The second-order valence-electron chi connectivity index (χ2n) is 6.29. The molecule has 1 aromatic heterocycles. The molecule has 0 bridgehead atoms. The van der Waals surface area contributed by atoms with Crippen LogP contribution in [0.1, 0.15) is 26.4 Å². The third-order valence-corrected chi connectivity index (χ3v) is 4.98. The van der Waals surface area contributed by atoms with Crippen molar-refractivity contribution in [1.82, 2.24) is 4.98 Å². The maximum Gasteiger partial charge on any atom is 0.129 e. The monoisotopic (exact) mass is 358 g/mol. The second kappa shape index (κ2) is 7.78. The number of benzene rings is 1. The lowest BCUT2D eigenvalue weighted by molar-refractivity contribution is 0.242. The van der Waals surface area contributed by atoms with Gasteiger partial charge in [0.05, 0.1) is 11.8 Å². The molecule has 1 aliphatic heterocycles. The van der Waals surface area contributed by atoms with E-state index in [2.05, 4.69) is 9.88 Å². The first-order valence-electron chi connectivity index (χ1n) is 8.49. The van der Waals surface area contributed by atoms with Crippen LogP contribution in [0.4, 0.5) is 11.5 Å². The summed E-state index contributed by atoms with van der Waals surface area (Å²) in [4.78, 5) is 6.76. The molecule has 2 heterocycles. The minimum Gasteiger partial charge on any atom is -0.491 e. The van der Waals surface area contributed by atoms with Crippen molar-refractivity contribution in [1.29, 1.82) is 5.41 Å².